The maximum Gasteiger partial charge on any atom is 0.407 e. The van der Waals surface area contributed by atoms with Crippen LogP contribution in [-0.4, -0.2) is 50.1 Å². The van der Waals surface area contributed by atoms with Crippen LogP contribution >= 0.6 is 0 Å². The summed E-state index contributed by atoms with van der Waals surface area (Å²) in [5.41, 5.74) is 0.332. The minimum Gasteiger partial charge on any atom is -0.497 e. The number of rotatable bonds is 8. The number of methoxy groups -OCH3 is 2. The number of hydrogen-bond donors (Lipinski definition) is 3. The maximum absolute atomic E-state index is 11.6. The van der Waals surface area contributed by atoms with Crippen LogP contribution in [0.2, 0.25) is 0 Å². The van der Waals surface area contributed by atoms with E-state index in [0.29, 0.717) is 29.3 Å². The van der Waals surface area contributed by atoms with E-state index in [-0.39, 0.29) is 6.54 Å². The number of aliphatic carboxylic acids is 1. The van der Waals surface area contributed by atoms with Gasteiger partial charge in [-0.1, -0.05) is 0 Å². The van der Waals surface area contributed by atoms with Crippen LogP contribution in [0.25, 0.3) is 5.70 Å². The fourth-order valence-electron chi connectivity index (χ4n) is 2.04. The summed E-state index contributed by atoms with van der Waals surface area (Å²) in [6, 6.07) is 5.06. The van der Waals surface area contributed by atoms with Crippen molar-refractivity contribution in [1.29, 1.82) is 0 Å². The number of benzene rings is 1. The zero-order chi connectivity index (χ0) is 19.7. The van der Waals surface area contributed by atoms with E-state index in [9.17, 15) is 9.59 Å². The quantitative estimate of drug-likeness (QED) is 0.478. The molecule has 0 bridgehead atoms. The summed E-state index contributed by atoms with van der Waals surface area (Å²) in [6.07, 6.45) is 0.503. The van der Waals surface area contributed by atoms with Crippen molar-refractivity contribution in [2.24, 2.45) is 0 Å². The number of alkyl carbamates (subject to hydrolysis) is 1. The molecular weight excluding hydrogens is 340 g/mol. The van der Waals surface area contributed by atoms with Gasteiger partial charge in [-0.15, -0.1) is 0 Å². The van der Waals surface area contributed by atoms with Crippen molar-refractivity contribution in [3.63, 3.8) is 0 Å². The number of nitrogens with one attached hydrogen (secondary N) is 2. The van der Waals surface area contributed by atoms with E-state index in [0.717, 1.165) is 6.08 Å². The summed E-state index contributed by atoms with van der Waals surface area (Å²) >= 11 is 0. The van der Waals surface area contributed by atoms with E-state index < -0.39 is 17.7 Å². The lowest BCUT2D eigenvalue weighted by molar-refractivity contribution is -0.131. The molecule has 26 heavy (non-hydrogen) atoms. The molecule has 1 amide bonds. The Hall–Kier alpha value is -2.90. The molecule has 0 fully saturated rings. The number of carboxylic acids is 1. The topological polar surface area (TPSA) is 106 Å². The number of carboxylic acid groups (broad SMARTS) is 1. The first kappa shape index (κ1) is 21.1. The normalized spacial score (nSPS) is 11.5. The molecule has 0 heterocycles. The third-order valence-electron chi connectivity index (χ3n) is 3.08. The zero-order valence-electron chi connectivity index (χ0n) is 15.7. The van der Waals surface area contributed by atoms with Gasteiger partial charge in [-0.2, -0.15) is 0 Å². The Kier molecular flexibility index (Phi) is 7.77. The third kappa shape index (κ3) is 7.33. The molecule has 0 aliphatic carbocycles. The van der Waals surface area contributed by atoms with Crippen molar-refractivity contribution in [3.05, 3.63) is 29.8 Å². The fourth-order valence-corrected chi connectivity index (χ4v) is 2.04. The second kappa shape index (κ2) is 9.55. The van der Waals surface area contributed by atoms with Crippen LogP contribution in [0.5, 0.6) is 11.5 Å². The molecule has 8 heteroatoms. The smallest absolute Gasteiger partial charge is 0.407 e. The lowest BCUT2D eigenvalue weighted by Crippen LogP contribution is -2.36. The largest absolute Gasteiger partial charge is 0.497 e. The summed E-state index contributed by atoms with van der Waals surface area (Å²) in [5, 5.41) is 14.7. The summed E-state index contributed by atoms with van der Waals surface area (Å²) in [7, 11) is 3.02. The molecule has 1 aromatic carbocycles. The average Bonchev–Trinajstić information content (AvgIpc) is 2.55. The van der Waals surface area contributed by atoms with Crippen LogP contribution in [0.3, 0.4) is 0 Å². The molecule has 144 valence electrons. The predicted molar refractivity (Wildman–Crippen MR) is 97.4 cm³/mol. The van der Waals surface area contributed by atoms with Crippen molar-refractivity contribution in [3.8, 4) is 11.5 Å². The number of carbonyl (C=O) groups excluding carboxylic acids is 1. The molecule has 1 rings (SSSR count). The molecule has 3 N–H and O–H groups in total. The van der Waals surface area contributed by atoms with Gasteiger partial charge in [-0.05, 0) is 32.9 Å². The molecule has 0 spiro atoms. The average molecular weight is 366 g/mol. The Balaban J connectivity index is 2.78. The predicted octanol–water partition coefficient (Wildman–Crippen LogP) is 2.24. The Labute approximate surface area is 153 Å². The van der Waals surface area contributed by atoms with Gasteiger partial charge >= 0.3 is 12.1 Å². The fraction of sp³-hybridized carbons (Fsp3) is 0.444. The Morgan fingerprint density at radius 1 is 1.12 bits per heavy atom. The highest BCUT2D eigenvalue weighted by Crippen LogP contribution is 2.28. The molecule has 0 aliphatic rings. The number of hydrogen-bond acceptors (Lipinski definition) is 6. The number of carbonyl (C=O) groups is 2. The molecule has 0 saturated carbocycles. The molecule has 0 radical (unpaired) electrons. The van der Waals surface area contributed by atoms with Crippen LogP contribution < -0.4 is 20.1 Å². The maximum atomic E-state index is 11.6. The van der Waals surface area contributed by atoms with E-state index in [4.69, 9.17) is 19.3 Å². The van der Waals surface area contributed by atoms with Crippen LogP contribution in [0, 0.1) is 0 Å². The standard InChI is InChI=1S/C18H26N2O6/c1-18(2,3)26-17(23)20-9-8-19-14(11-16(21)22)13-7-6-12(24-4)10-15(13)25-5/h6-7,10-11,19H,8-9H2,1-5H3,(H,20,23)(H,21,22)/b14-11+. The molecular formula is C18H26N2O6. The van der Waals surface area contributed by atoms with Crippen molar-refractivity contribution in [1.82, 2.24) is 10.6 Å². The number of amides is 1. The van der Waals surface area contributed by atoms with Gasteiger partial charge < -0.3 is 30.0 Å². The second-order valence-electron chi connectivity index (χ2n) is 6.32. The molecule has 8 nitrogen and oxygen atoms in total. The van der Waals surface area contributed by atoms with Gasteiger partial charge in [0.05, 0.1) is 19.9 Å². The lowest BCUT2D eigenvalue weighted by atomic mass is 10.1. The van der Waals surface area contributed by atoms with Crippen LogP contribution in [0.15, 0.2) is 24.3 Å². The number of ether oxygens (including phenoxy) is 3. The summed E-state index contributed by atoms with van der Waals surface area (Å²) in [5.74, 6) is -0.0539. The van der Waals surface area contributed by atoms with Gasteiger partial charge in [0.15, 0.2) is 0 Å². The summed E-state index contributed by atoms with van der Waals surface area (Å²) in [6.45, 7) is 5.87. The first-order chi connectivity index (χ1) is 12.2. The molecule has 0 atom stereocenters. The van der Waals surface area contributed by atoms with E-state index in [1.165, 1.54) is 14.2 Å². The van der Waals surface area contributed by atoms with Gasteiger partial charge in [0, 0.05) is 30.8 Å². The van der Waals surface area contributed by atoms with Gasteiger partial charge in [-0.3, -0.25) is 0 Å². The highest BCUT2D eigenvalue weighted by molar-refractivity contribution is 5.90. The minimum absolute atomic E-state index is 0.254. The van der Waals surface area contributed by atoms with Crippen LogP contribution in [0.4, 0.5) is 4.79 Å². The van der Waals surface area contributed by atoms with Crippen LogP contribution in [0.1, 0.15) is 26.3 Å². The lowest BCUT2D eigenvalue weighted by Gasteiger charge is -2.20. The first-order valence-electron chi connectivity index (χ1n) is 8.04. The molecule has 0 aliphatic heterocycles. The Morgan fingerprint density at radius 3 is 2.31 bits per heavy atom. The Morgan fingerprint density at radius 2 is 1.77 bits per heavy atom. The second-order valence-corrected chi connectivity index (χ2v) is 6.32. The molecule has 0 unspecified atom stereocenters. The minimum atomic E-state index is -1.11. The van der Waals surface area contributed by atoms with Crippen LogP contribution in [-0.2, 0) is 9.53 Å². The van der Waals surface area contributed by atoms with Crippen molar-refractivity contribution in [2.45, 2.75) is 26.4 Å². The molecule has 0 saturated heterocycles. The first-order valence-corrected chi connectivity index (χ1v) is 8.04. The van der Waals surface area contributed by atoms with E-state index in [1.54, 1.807) is 39.0 Å². The van der Waals surface area contributed by atoms with Gasteiger partial charge in [-0.25, -0.2) is 9.59 Å². The summed E-state index contributed by atoms with van der Waals surface area (Å²) < 4.78 is 15.6. The monoisotopic (exact) mass is 366 g/mol. The highest BCUT2D eigenvalue weighted by atomic mass is 16.6. The SMILES string of the molecule is COc1ccc(/C(=C\C(=O)O)NCCNC(=O)OC(C)(C)C)c(OC)c1. The summed E-state index contributed by atoms with van der Waals surface area (Å²) in [4.78, 5) is 22.8. The van der Waals surface area contributed by atoms with Gasteiger partial charge in [0.25, 0.3) is 0 Å². The van der Waals surface area contributed by atoms with Gasteiger partial charge in [0.1, 0.15) is 17.1 Å². The van der Waals surface area contributed by atoms with E-state index in [1.807, 2.05) is 0 Å². The Bertz CT molecular complexity index is 664. The van der Waals surface area contributed by atoms with Gasteiger partial charge in [0.2, 0.25) is 0 Å². The third-order valence-corrected chi connectivity index (χ3v) is 3.08. The van der Waals surface area contributed by atoms with Crippen molar-refractivity contribution < 1.29 is 28.9 Å². The van der Waals surface area contributed by atoms with Crippen molar-refractivity contribution in [2.75, 3.05) is 27.3 Å². The van der Waals surface area contributed by atoms with E-state index in [2.05, 4.69) is 10.6 Å². The zero-order valence-corrected chi connectivity index (χ0v) is 15.7. The molecule has 1 aromatic rings. The van der Waals surface area contributed by atoms with E-state index >= 15 is 0 Å². The van der Waals surface area contributed by atoms with Crippen molar-refractivity contribution >= 4 is 17.8 Å². The molecule has 0 aromatic heterocycles. The highest BCUT2D eigenvalue weighted by Gasteiger charge is 2.16.